The van der Waals surface area contributed by atoms with Crippen molar-refractivity contribution in [2.24, 2.45) is 0 Å². The van der Waals surface area contributed by atoms with E-state index in [-0.39, 0.29) is 0 Å². The van der Waals surface area contributed by atoms with Crippen LogP contribution < -0.4 is 0 Å². The Hall–Kier alpha value is -3.31. The second kappa shape index (κ2) is 6.20. The normalized spacial score (nSPS) is 11.1. The molecule has 0 fully saturated rings. The summed E-state index contributed by atoms with van der Waals surface area (Å²) in [6, 6.07) is 26.3. The third-order valence-electron chi connectivity index (χ3n) is 4.22. The van der Waals surface area contributed by atoms with Gasteiger partial charge in [-0.2, -0.15) is 5.10 Å². The minimum atomic E-state index is 0.694. The molecule has 3 aromatic carbocycles. The van der Waals surface area contributed by atoms with Crippen molar-refractivity contribution < 1.29 is 0 Å². The molecular formula is C21H14N4S. The molecule has 0 aliphatic rings. The predicted octanol–water partition coefficient (Wildman–Crippen LogP) is 5.42. The number of fused-ring (bicyclic) bond motifs is 1. The van der Waals surface area contributed by atoms with Crippen LogP contribution in [0.3, 0.4) is 0 Å². The molecule has 4 nitrogen and oxygen atoms in total. The summed E-state index contributed by atoms with van der Waals surface area (Å²) in [5.41, 5.74) is 4.07. The van der Waals surface area contributed by atoms with E-state index in [0.29, 0.717) is 5.82 Å². The van der Waals surface area contributed by atoms with Crippen molar-refractivity contribution in [1.82, 2.24) is 20.2 Å². The molecule has 0 aliphatic carbocycles. The number of benzene rings is 3. The molecule has 5 heteroatoms. The van der Waals surface area contributed by atoms with Crippen molar-refractivity contribution in [1.29, 1.82) is 0 Å². The maximum Gasteiger partial charge on any atom is 0.181 e. The minimum Gasteiger partial charge on any atom is -0.259 e. The fourth-order valence-corrected chi connectivity index (χ4v) is 3.97. The summed E-state index contributed by atoms with van der Waals surface area (Å²) in [7, 11) is 0. The van der Waals surface area contributed by atoms with E-state index in [9.17, 15) is 0 Å². The zero-order valence-corrected chi connectivity index (χ0v) is 14.6. The monoisotopic (exact) mass is 354 g/mol. The van der Waals surface area contributed by atoms with Crippen molar-refractivity contribution in [2.45, 2.75) is 0 Å². The highest BCUT2D eigenvalue weighted by molar-refractivity contribution is 7.21. The lowest BCUT2D eigenvalue weighted by molar-refractivity contribution is 1.10. The molecule has 0 radical (unpaired) electrons. The number of rotatable bonds is 3. The van der Waals surface area contributed by atoms with Crippen molar-refractivity contribution in [2.75, 3.05) is 0 Å². The highest BCUT2D eigenvalue weighted by Gasteiger charge is 2.15. The van der Waals surface area contributed by atoms with Gasteiger partial charge in [0.2, 0.25) is 0 Å². The standard InChI is InChI=1S/C21H14N4S/c1-2-8-14(9-3-1)19-23-20(25-24-19)15-10-4-5-11-16(15)21-22-17-12-6-7-13-18(17)26-21/h1-13H,(H,23,24,25). The van der Waals surface area contributed by atoms with Gasteiger partial charge in [-0.05, 0) is 12.1 Å². The fraction of sp³-hybridized carbons (Fsp3) is 0. The van der Waals surface area contributed by atoms with E-state index in [4.69, 9.17) is 9.97 Å². The highest BCUT2D eigenvalue weighted by Crippen LogP contribution is 2.35. The van der Waals surface area contributed by atoms with Crippen LogP contribution in [0.25, 0.3) is 43.6 Å². The zero-order chi connectivity index (χ0) is 17.3. The molecule has 0 atom stereocenters. The number of aromatic amines is 1. The Kier molecular flexibility index (Phi) is 3.57. The third kappa shape index (κ3) is 2.59. The van der Waals surface area contributed by atoms with E-state index in [0.717, 1.165) is 33.0 Å². The largest absolute Gasteiger partial charge is 0.259 e. The predicted molar refractivity (Wildman–Crippen MR) is 106 cm³/mol. The first-order chi connectivity index (χ1) is 12.9. The van der Waals surface area contributed by atoms with Crippen LogP contribution in [0.2, 0.25) is 0 Å². The van der Waals surface area contributed by atoms with Crippen LogP contribution in [0, 0.1) is 0 Å². The summed E-state index contributed by atoms with van der Waals surface area (Å²) in [4.78, 5) is 9.49. The molecule has 5 aromatic rings. The van der Waals surface area contributed by atoms with Crippen molar-refractivity contribution >= 4 is 21.6 Å². The molecule has 2 heterocycles. The van der Waals surface area contributed by atoms with Gasteiger partial charge in [-0.3, -0.25) is 5.10 Å². The first kappa shape index (κ1) is 15.0. The molecule has 0 aliphatic heterocycles. The van der Waals surface area contributed by atoms with Crippen LogP contribution in [0.4, 0.5) is 0 Å². The number of hydrogen-bond acceptors (Lipinski definition) is 4. The minimum absolute atomic E-state index is 0.694. The van der Waals surface area contributed by atoms with Gasteiger partial charge in [0.1, 0.15) is 5.01 Å². The number of thiazole rings is 1. The van der Waals surface area contributed by atoms with Gasteiger partial charge in [0.25, 0.3) is 0 Å². The van der Waals surface area contributed by atoms with E-state index >= 15 is 0 Å². The zero-order valence-electron chi connectivity index (χ0n) is 13.8. The Labute approximate surface area is 154 Å². The Bertz CT molecular complexity index is 1160. The fourth-order valence-electron chi connectivity index (χ4n) is 2.96. The topological polar surface area (TPSA) is 54.5 Å². The lowest BCUT2D eigenvalue weighted by atomic mass is 10.1. The van der Waals surface area contributed by atoms with Crippen molar-refractivity contribution in [3.8, 4) is 33.3 Å². The number of H-pyrrole nitrogens is 1. The van der Waals surface area contributed by atoms with Gasteiger partial charge < -0.3 is 0 Å². The van der Waals surface area contributed by atoms with Gasteiger partial charge in [0.15, 0.2) is 11.6 Å². The SMILES string of the molecule is c1ccc(-c2n[nH]c(-c3ccccc3-c3nc4ccccc4s3)n2)cc1. The molecule has 2 aromatic heterocycles. The first-order valence-electron chi connectivity index (χ1n) is 8.32. The molecular weight excluding hydrogens is 340 g/mol. The van der Waals surface area contributed by atoms with Gasteiger partial charge >= 0.3 is 0 Å². The molecule has 124 valence electrons. The lowest BCUT2D eigenvalue weighted by Gasteiger charge is -2.03. The Morgan fingerprint density at radius 2 is 1.42 bits per heavy atom. The smallest absolute Gasteiger partial charge is 0.181 e. The van der Waals surface area contributed by atoms with Gasteiger partial charge in [0, 0.05) is 16.7 Å². The summed E-state index contributed by atoms with van der Waals surface area (Å²) < 4.78 is 1.18. The third-order valence-corrected chi connectivity index (χ3v) is 5.29. The summed E-state index contributed by atoms with van der Waals surface area (Å²) in [5.74, 6) is 1.44. The van der Waals surface area contributed by atoms with Gasteiger partial charge in [-0.15, -0.1) is 11.3 Å². The van der Waals surface area contributed by atoms with E-state index in [1.54, 1.807) is 11.3 Å². The summed E-state index contributed by atoms with van der Waals surface area (Å²) in [5, 5.41) is 8.45. The van der Waals surface area contributed by atoms with Crippen LogP contribution in [0.15, 0.2) is 78.9 Å². The molecule has 0 unspecified atom stereocenters. The van der Waals surface area contributed by atoms with Crippen LogP contribution in [-0.4, -0.2) is 20.2 Å². The van der Waals surface area contributed by atoms with Crippen LogP contribution in [0.5, 0.6) is 0 Å². The van der Waals surface area contributed by atoms with Crippen LogP contribution in [-0.2, 0) is 0 Å². The molecule has 0 amide bonds. The molecule has 0 saturated heterocycles. The summed E-state index contributed by atoms with van der Waals surface area (Å²) >= 11 is 1.69. The summed E-state index contributed by atoms with van der Waals surface area (Å²) in [6.07, 6.45) is 0. The average Bonchev–Trinajstić information content (AvgIpc) is 3.36. The average molecular weight is 354 g/mol. The van der Waals surface area contributed by atoms with Crippen LogP contribution >= 0.6 is 11.3 Å². The van der Waals surface area contributed by atoms with Crippen LogP contribution in [0.1, 0.15) is 0 Å². The Morgan fingerprint density at radius 3 is 2.27 bits per heavy atom. The maximum atomic E-state index is 4.79. The number of hydrogen-bond donors (Lipinski definition) is 1. The Morgan fingerprint density at radius 1 is 0.692 bits per heavy atom. The van der Waals surface area contributed by atoms with E-state index in [1.807, 2.05) is 60.7 Å². The molecule has 0 saturated carbocycles. The van der Waals surface area contributed by atoms with Gasteiger partial charge in [0.05, 0.1) is 10.2 Å². The molecule has 5 rings (SSSR count). The van der Waals surface area contributed by atoms with E-state index in [1.165, 1.54) is 4.70 Å². The van der Waals surface area contributed by atoms with E-state index in [2.05, 4.69) is 28.4 Å². The quantitative estimate of drug-likeness (QED) is 0.471. The highest BCUT2D eigenvalue weighted by atomic mass is 32.1. The number of aromatic nitrogens is 4. The second-order valence-electron chi connectivity index (χ2n) is 5.91. The van der Waals surface area contributed by atoms with Gasteiger partial charge in [-0.25, -0.2) is 9.97 Å². The molecule has 0 bridgehead atoms. The van der Waals surface area contributed by atoms with Crippen molar-refractivity contribution in [3.63, 3.8) is 0 Å². The second-order valence-corrected chi connectivity index (χ2v) is 6.94. The van der Waals surface area contributed by atoms with E-state index < -0.39 is 0 Å². The maximum absolute atomic E-state index is 4.79. The van der Waals surface area contributed by atoms with Crippen molar-refractivity contribution in [3.05, 3.63) is 78.9 Å². The summed E-state index contributed by atoms with van der Waals surface area (Å²) in [6.45, 7) is 0. The number of nitrogens with zero attached hydrogens (tertiary/aromatic N) is 3. The number of para-hydroxylation sites is 1. The number of nitrogens with one attached hydrogen (secondary N) is 1. The molecule has 0 spiro atoms. The van der Waals surface area contributed by atoms with Gasteiger partial charge in [-0.1, -0.05) is 66.7 Å². The first-order valence-corrected chi connectivity index (χ1v) is 9.13. The molecule has 26 heavy (non-hydrogen) atoms. The lowest BCUT2D eigenvalue weighted by Crippen LogP contribution is -1.86. The Balaban J connectivity index is 1.62. The molecule has 1 N–H and O–H groups in total.